The number of allylic oxidation sites excluding steroid dienone is 2. The fourth-order valence-electron chi connectivity index (χ4n) is 1.35. The van der Waals surface area contributed by atoms with E-state index in [1.54, 1.807) is 25.1 Å². The Kier molecular flexibility index (Phi) is 3.25. The third-order valence-corrected chi connectivity index (χ3v) is 2.02. The second-order valence-electron chi connectivity index (χ2n) is 3.30. The molecule has 0 amide bonds. The average Bonchev–Trinajstić information content (AvgIpc) is 2.19. The number of rotatable bonds is 2. The number of ketones is 1. The Morgan fingerprint density at radius 2 is 2.13 bits per heavy atom. The zero-order chi connectivity index (χ0) is 11.4. The maximum atomic E-state index is 11.5. The zero-order valence-electron chi connectivity index (χ0n) is 8.61. The molecule has 1 N–H and O–H groups in total. The standard InChI is InChI=1S/C12H11NO2/c1-8-6-9(2)12(15)10(7-8)11(14)4-3-5-13/h3-4,6-7,15H,1-2H3/b4-3+. The third-order valence-electron chi connectivity index (χ3n) is 2.02. The number of nitrogens with zero attached hydrogens (tertiary/aromatic N) is 1. The fourth-order valence-corrected chi connectivity index (χ4v) is 1.35. The first-order valence-corrected chi connectivity index (χ1v) is 4.47. The highest BCUT2D eigenvalue weighted by molar-refractivity contribution is 6.07. The lowest BCUT2D eigenvalue weighted by molar-refractivity contribution is 0.104. The first-order chi connectivity index (χ1) is 7.06. The summed E-state index contributed by atoms with van der Waals surface area (Å²) in [5.41, 5.74) is 1.79. The molecule has 0 aliphatic heterocycles. The maximum Gasteiger partial charge on any atom is 0.190 e. The second-order valence-corrected chi connectivity index (χ2v) is 3.30. The van der Waals surface area contributed by atoms with Crippen molar-refractivity contribution in [3.63, 3.8) is 0 Å². The molecule has 76 valence electrons. The highest BCUT2D eigenvalue weighted by atomic mass is 16.3. The van der Waals surface area contributed by atoms with Gasteiger partial charge in [-0.15, -0.1) is 0 Å². The van der Waals surface area contributed by atoms with Crippen LogP contribution < -0.4 is 0 Å². The predicted octanol–water partition coefficient (Wildman–Crippen LogP) is 2.27. The molecule has 0 atom stereocenters. The van der Waals surface area contributed by atoms with E-state index in [9.17, 15) is 9.90 Å². The van der Waals surface area contributed by atoms with Crippen LogP contribution in [0, 0.1) is 25.2 Å². The van der Waals surface area contributed by atoms with E-state index in [2.05, 4.69) is 0 Å². The average molecular weight is 201 g/mol. The Hall–Kier alpha value is -2.08. The van der Waals surface area contributed by atoms with Crippen molar-refractivity contribution < 1.29 is 9.90 Å². The van der Waals surface area contributed by atoms with Crippen molar-refractivity contribution in [1.29, 1.82) is 5.26 Å². The number of phenols is 1. The van der Waals surface area contributed by atoms with Crippen molar-refractivity contribution >= 4 is 5.78 Å². The molecule has 0 aliphatic carbocycles. The lowest BCUT2D eigenvalue weighted by atomic mass is 10.0. The van der Waals surface area contributed by atoms with Gasteiger partial charge in [-0.3, -0.25) is 4.79 Å². The number of phenolic OH excluding ortho intramolecular Hbond substituents is 1. The van der Waals surface area contributed by atoms with Gasteiger partial charge in [-0.1, -0.05) is 6.07 Å². The van der Waals surface area contributed by atoms with Crippen LogP contribution in [-0.4, -0.2) is 10.9 Å². The van der Waals surface area contributed by atoms with Crippen LogP contribution in [0.2, 0.25) is 0 Å². The Balaban J connectivity index is 3.21. The van der Waals surface area contributed by atoms with Crippen LogP contribution in [0.3, 0.4) is 0 Å². The van der Waals surface area contributed by atoms with Gasteiger partial charge in [0.2, 0.25) is 0 Å². The number of hydrogen-bond acceptors (Lipinski definition) is 3. The molecule has 0 fully saturated rings. The third kappa shape index (κ3) is 2.44. The number of carbonyl (C=O) groups is 1. The van der Waals surface area contributed by atoms with Gasteiger partial charge in [-0.2, -0.15) is 5.26 Å². The van der Waals surface area contributed by atoms with Crippen molar-refractivity contribution in [2.75, 3.05) is 0 Å². The van der Waals surface area contributed by atoms with Crippen LogP contribution in [-0.2, 0) is 0 Å². The summed E-state index contributed by atoms with van der Waals surface area (Å²) in [6.45, 7) is 3.57. The summed E-state index contributed by atoms with van der Waals surface area (Å²) >= 11 is 0. The maximum absolute atomic E-state index is 11.5. The largest absolute Gasteiger partial charge is 0.507 e. The van der Waals surface area contributed by atoms with Gasteiger partial charge in [0, 0.05) is 6.08 Å². The van der Waals surface area contributed by atoms with Crippen molar-refractivity contribution in [2.45, 2.75) is 13.8 Å². The number of nitriles is 1. The number of aryl methyl sites for hydroxylation is 2. The molecule has 0 unspecified atom stereocenters. The van der Waals surface area contributed by atoms with Gasteiger partial charge in [0.1, 0.15) is 5.75 Å². The van der Waals surface area contributed by atoms with Crippen molar-refractivity contribution in [2.24, 2.45) is 0 Å². The molecule has 0 saturated heterocycles. The van der Waals surface area contributed by atoms with Gasteiger partial charge >= 0.3 is 0 Å². The molecule has 0 heterocycles. The Labute approximate surface area is 88.3 Å². The molecule has 0 radical (unpaired) electrons. The van der Waals surface area contributed by atoms with Gasteiger partial charge in [0.05, 0.1) is 11.6 Å². The van der Waals surface area contributed by atoms with E-state index in [0.717, 1.165) is 17.7 Å². The molecule has 0 aromatic heterocycles. The number of carbonyl (C=O) groups excluding carboxylic acids is 1. The van der Waals surface area contributed by atoms with E-state index in [1.165, 1.54) is 0 Å². The molecular formula is C12H11NO2. The molecule has 0 aliphatic rings. The summed E-state index contributed by atoms with van der Waals surface area (Å²) in [6, 6.07) is 5.13. The summed E-state index contributed by atoms with van der Waals surface area (Å²) in [5, 5.41) is 17.9. The smallest absolute Gasteiger partial charge is 0.190 e. The van der Waals surface area contributed by atoms with Gasteiger partial charge in [0.15, 0.2) is 5.78 Å². The number of aromatic hydroxyl groups is 1. The van der Waals surface area contributed by atoms with Crippen molar-refractivity contribution in [3.8, 4) is 11.8 Å². The molecule has 0 saturated carbocycles. The van der Waals surface area contributed by atoms with E-state index < -0.39 is 0 Å². The summed E-state index contributed by atoms with van der Waals surface area (Å²) in [4.78, 5) is 11.5. The molecule has 0 bridgehead atoms. The van der Waals surface area contributed by atoms with Crippen LogP contribution in [0.25, 0.3) is 0 Å². The molecule has 1 aromatic rings. The number of benzene rings is 1. The van der Waals surface area contributed by atoms with Crippen LogP contribution in [0.15, 0.2) is 24.3 Å². The van der Waals surface area contributed by atoms with Crippen LogP contribution >= 0.6 is 0 Å². The molecule has 15 heavy (non-hydrogen) atoms. The highest BCUT2D eigenvalue weighted by Crippen LogP contribution is 2.24. The monoisotopic (exact) mass is 201 g/mol. The minimum atomic E-state index is -0.360. The molecule has 0 spiro atoms. The molecule has 3 heteroatoms. The van der Waals surface area contributed by atoms with Gasteiger partial charge in [0.25, 0.3) is 0 Å². The topological polar surface area (TPSA) is 61.1 Å². The highest BCUT2D eigenvalue weighted by Gasteiger charge is 2.10. The fraction of sp³-hybridized carbons (Fsp3) is 0.167. The van der Waals surface area contributed by atoms with E-state index in [-0.39, 0.29) is 17.1 Å². The molecule has 3 nitrogen and oxygen atoms in total. The second kappa shape index (κ2) is 4.43. The lowest BCUT2D eigenvalue weighted by Gasteiger charge is -2.05. The van der Waals surface area contributed by atoms with E-state index >= 15 is 0 Å². The Morgan fingerprint density at radius 1 is 1.47 bits per heavy atom. The summed E-state index contributed by atoms with van der Waals surface area (Å²) < 4.78 is 0. The number of hydrogen-bond donors (Lipinski definition) is 1. The van der Waals surface area contributed by atoms with E-state index in [4.69, 9.17) is 5.26 Å². The van der Waals surface area contributed by atoms with Crippen LogP contribution in [0.5, 0.6) is 5.75 Å². The van der Waals surface area contributed by atoms with Crippen LogP contribution in [0.1, 0.15) is 21.5 Å². The van der Waals surface area contributed by atoms with E-state index in [1.807, 2.05) is 6.92 Å². The summed E-state index contributed by atoms with van der Waals surface area (Å²) in [5.74, 6) is -0.381. The summed E-state index contributed by atoms with van der Waals surface area (Å²) in [6.07, 6.45) is 2.24. The minimum absolute atomic E-state index is 0.0202. The quantitative estimate of drug-likeness (QED) is 0.453. The minimum Gasteiger partial charge on any atom is -0.507 e. The molecule has 1 aromatic carbocycles. The van der Waals surface area contributed by atoms with Crippen molar-refractivity contribution in [1.82, 2.24) is 0 Å². The molecular weight excluding hydrogens is 190 g/mol. The molecule has 1 rings (SSSR count). The van der Waals surface area contributed by atoms with Crippen LogP contribution in [0.4, 0.5) is 0 Å². The first kappa shape index (κ1) is 11.0. The van der Waals surface area contributed by atoms with Gasteiger partial charge in [-0.25, -0.2) is 0 Å². The van der Waals surface area contributed by atoms with Gasteiger partial charge < -0.3 is 5.11 Å². The van der Waals surface area contributed by atoms with E-state index in [0.29, 0.717) is 5.56 Å². The lowest BCUT2D eigenvalue weighted by Crippen LogP contribution is -1.97. The van der Waals surface area contributed by atoms with Crippen molar-refractivity contribution in [3.05, 3.63) is 41.0 Å². The zero-order valence-corrected chi connectivity index (χ0v) is 8.61. The normalized spacial score (nSPS) is 10.2. The predicted molar refractivity (Wildman–Crippen MR) is 56.7 cm³/mol. The first-order valence-electron chi connectivity index (χ1n) is 4.47. The Morgan fingerprint density at radius 3 is 2.73 bits per heavy atom. The summed E-state index contributed by atoms with van der Waals surface area (Å²) in [7, 11) is 0. The van der Waals surface area contributed by atoms with Gasteiger partial charge in [-0.05, 0) is 37.1 Å². The SMILES string of the molecule is Cc1cc(C)c(O)c(C(=O)/C=C/C#N)c1. The Bertz CT molecular complexity index is 467.